The topological polar surface area (TPSA) is 29.5 Å². The standard InChI is InChI=1S/C17H18O2/c1-12-4-6-13(7-5-12)17(18)15-8-9-16-14(11-15)3-2-10-19-16/h4-9,11,17-18H,2-3,10H2,1H3. The summed E-state index contributed by atoms with van der Waals surface area (Å²) in [5, 5.41) is 10.4. The molecule has 1 aliphatic rings. The first kappa shape index (κ1) is 12.2. The molecule has 0 fully saturated rings. The zero-order valence-corrected chi connectivity index (χ0v) is 11.1. The van der Waals surface area contributed by atoms with Crippen LogP contribution in [0.25, 0.3) is 0 Å². The molecule has 1 unspecified atom stereocenters. The smallest absolute Gasteiger partial charge is 0.122 e. The first-order valence-electron chi connectivity index (χ1n) is 6.74. The van der Waals surface area contributed by atoms with Crippen LogP contribution in [-0.4, -0.2) is 11.7 Å². The normalized spacial score (nSPS) is 15.5. The first-order chi connectivity index (χ1) is 9.24. The van der Waals surface area contributed by atoms with Crippen molar-refractivity contribution in [2.45, 2.75) is 25.9 Å². The van der Waals surface area contributed by atoms with Crippen molar-refractivity contribution in [3.8, 4) is 5.75 Å². The van der Waals surface area contributed by atoms with Crippen LogP contribution in [0.5, 0.6) is 5.75 Å². The number of aryl methyl sites for hydroxylation is 2. The summed E-state index contributed by atoms with van der Waals surface area (Å²) < 4.78 is 5.60. The molecule has 3 rings (SSSR count). The van der Waals surface area contributed by atoms with E-state index in [0.29, 0.717) is 0 Å². The maximum absolute atomic E-state index is 10.4. The Morgan fingerprint density at radius 2 is 1.79 bits per heavy atom. The molecule has 1 N–H and O–H groups in total. The largest absolute Gasteiger partial charge is 0.493 e. The molecule has 0 spiro atoms. The van der Waals surface area contributed by atoms with E-state index in [1.807, 2.05) is 43.3 Å². The van der Waals surface area contributed by atoms with E-state index in [0.717, 1.165) is 36.3 Å². The Bertz CT molecular complexity index is 572. The number of hydrogen-bond acceptors (Lipinski definition) is 2. The number of hydrogen-bond donors (Lipinski definition) is 1. The summed E-state index contributed by atoms with van der Waals surface area (Å²) in [5.74, 6) is 0.964. The second-order valence-electron chi connectivity index (χ2n) is 5.13. The predicted octanol–water partition coefficient (Wildman–Crippen LogP) is 3.40. The van der Waals surface area contributed by atoms with Gasteiger partial charge in [0.1, 0.15) is 11.9 Å². The number of fused-ring (bicyclic) bond motifs is 1. The summed E-state index contributed by atoms with van der Waals surface area (Å²) in [4.78, 5) is 0. The quantitative estimate of drug-likeness (QED) is 0.890. The molecular formula is C17H18O2. The minimum Gasteiger partial charge on any atom is -0.493 e. The van der Waals surface area contributed by atoms with E-state index in [2.05, 4.69) is 6.07 Å². The highest BCUT2D eigenvalue weighted by molar-refractivity contribution is 5.41. The van der Waals surface area contributed by atoms with Gasteiger partial charge in [0.25, 0.3) is 0 Å². The number of ether oxygens (including phenoxy) is 1. The van der Waals surface area contributed by atoms with Gasteiger partial charge in [-0.2, -0.15) is 0 Å². The molecule has 1 heterocycles. The van der Waals surface area contributed by atoms with Gasteiger partial charge in [-0.3, -0.25) is 0 Å². The molecule has 2 aromatic rings. The summed E-state index contributed by atoms with van der Waals surface area (Å²) in [7, 11) is 0. The van der Waals surface area contributed by atoms with Crippen molar-refractivity contribution in [3.05, 3.63) is 64.7 Å². The highest BCUT2D eigenvalue weighted by Crippen LogP contribution is 2.30. The van der Waals surface area contributed by atoms with Crippen LogP contribution < -0.4 is 4.74 Å². The van der Waals surface area contributed by atoms with Gasteiger partial charge in [0.15, 0.2) is 0 Å². The highest BCUT2D eigenvalue weighted by Gasteiger charge is 2.15. The Labute approximate surface area is 113 Å². The fraction of sp³-hybridized carbons (Fsp3) is 0.294. The Morgan fingerprint density at radius 3 is 2.58 bits per heavy atom. The Kier molecular flexibility index (Phi) is 3.26. The van der Waals surface area contributed by atoms with Crippen LogP contribution in [0, 0.1) is 6.92 Å². The number of aliphatic hydroxyl groups excluding tert-OH is 1. The lowest BCUT2D eigenvalue weighted by Gasteiger charge is -2.19. The van der Waals surface area contributed by atoms with Crippen LogP contribution in [0.2, 0.25) is 0 Å². The molecule has 0 radical (unpaired) electrons. The molecule has 1 atom stereocenters. The maximum Gasteiger partial charge on any atom is 0.122 e. The van der Waals surface area contributed by atoms with E-state index < -0.39 is 6.10 Å². The molecule has 0 amide bonds. The van der Waals surface area contributed by atoms with Crippen molar-refractivity contribution < 1.29 is 9.84 Å². The second-order valence-corrected chi connectivity index (χ2v) is 5.13. The van der Waals surface area contributed by atoms with Crippen molar-refractivity contribution >= 4 is 0 Å². The molecule has 0 aliphatic carbocycles. The molecule has 0 aromatic heterocycles. The minimum absolute atomic E-state index is 0.562. The van der Waals surface area contributed by atoms with Crippen molar-refractivity contribution in [3.63, 3.8) is 0 Å². The lowest BCUT2D eigenvalue weighted by Crippen LogP contribution is -2.09. The lowest BCUT2D eigenvalue weighted by molar-refractivity contribution is 0.219. The first-order valence-corrected chi connectivity index (χ1v) is 6.74. The van der Waals surface area contributed by atoms with Gasteiger partial charge in [0.2, 0.25) is 0 Å². The van der Waals surface area contributed by atoms with Crippen molar-refractivity contribution in [2.24, 2.45) is 0 Å². The third-order valence-electron chi connectivity index (χ3n) is 3.64. The second kappa shape index (κ2) is 5.06. The molecule has 98 valence electrons. The summed E-state index contributed by atoms with van der Waals surface area (Å²) in [5.41, 5.74) is 4.28. The van der Waals surface area contributed by atoms with Crippen LogP contribution in [0.1, 0.15) is 34.8 Å². The van der Waals surface area contributed by atoms with Crippen LogP contribution in [0.4, 0.5) is 0 Å². The number of aliphatic hydroxyl groups is 1. The minimum atomic E-state index is -0.562. The van der Waals surface area contributed by atoms with Gasteiger partial charge in [-0.15, -0.1) is 0 Å². The molecule has 0 saturated carbocycles. The number of benzene rings is 2. The van der Waals surface area contributed by atoms with Crippen molar-refractivity contribution in [1.29, 1.82) is 0 Å². The summed E-state index contributed by atoms with van der Waals surface area (Å²) >= 11 is 0. The molecule has 2 heteroatoms. The molecule has 19 heavy (non-hydrogen) atoms. The zero-order valence-electron chi connectivity index (χ0n) is 11.1. The van der Waals surface area contributed by atoms with Gasteiger partial charge in [-0.25, -0.2) is 0 Å². The third kappa shape index (κ3) is 2.49. The molecule has 0 saturated heterocycles. The van der Waals surface area contributed by atoms with E-state index >= 15 is 0 Å². The Hall–Kier alpha value is -1.80. The van der Waals surface area contributed by atoms with Gasteiger partial charge in [-0.05, 0) is 48.6 Å². The third-order valence-corrected chi connectivity index (χ3v) is 3.64. The predicted molar refractivity (Wildman–Crippen MR) is 75.5 cm³/mol. The molecule has 0 bridgehead atoms. The van der Waals surface area contributed by atoms with E-state index in [1.54, 1.807) is 0 Å². The summed E-state index contributed by atoms with van der Waals surface area (Å²) in [6.07, 6.45) is 1.52. The van der Waals surface area contributed by atoms with E-state index in [1.165, 1.54) is 11.1 Å². The van der Waals surface area contributed by atoms with Crippen LogP contribution in [-0.2, 0) is 6.42 Å². The molecular weight excluding hydrogens is 236 g/mol. The fourth-order valence-corrected chi connectivity index (χ4v) is 2.49. The van der Waals surface area contributed by atoms with Gasteiger partial charge in [0, 0.05) is 0 Å². The number of rotatable bonds is 2. The van der Waals surface area contributed by atoms with Crippen molar-refractivity contribution in [1.82, 2.24) is 0 Å². The van der Waals surface area contributed by atoms with E-state index in [9.17, 15) is 5.11 Å². The molecule has 2 nitrogen and oxygen atoms in total. The van der Waals surface area contributed by atoms with Crippen molar-refractivity contribution in [2.75, 3.05) is 6.61 Å². The average molecular weight is 254 g/mol. The average Bonchev–Trinajstić information content (AvgIpc) is 2.47. The Morgan fingerprint density at radius 1 is 1.05 bits per heavy atom. The fourth-order valence-electron chi connectivity index (χ4n) is 2.49. The monoisotopic (exact) mass is 254 g/mol. The summed E-state index contributed by atoms with van der Waals surface area (Å²) in [6, 6.07) is 14.0. The summed E-state index contributed by atoms with van der Waals surface area (Å²) in [6.45, 7) is 2.85. The SMILES string of the molecule is Cc1ccc(C(O)c2ccc3c(c2)CCCO3)cc1. The van der Waals surface area contributed by atoms with Crippen LogP contribution in [0.3, 0.4) is 0 Å². The molecule has 2 aromatic carbocycles. The van der Waals surface area contributed by atoms with E-state index in [4.69, 9.17) is 4.74 Å². The lowest BCUT2D eigenvalue weighted by atomic mass is 9.96. The highest BCUT2D eigenvalue weighted by atomic mass is 16.5. The van der Waals surface area contributed by atoms with Gasteiger partial charge in [0.05, 0.1) is 6.61 Å². The van der Waals surface area contributed by atoms with Gasteiger partial charge in [-0.1, -0.05) is 35.9 Å². The zero-order chi connectivity index (χ0) is 13.2. The van der Waals surface area contributed by atoms with E-state index in [-0.39, 0.29) is 0 Å². The maximum atomic E-state index is 10.4. The Balaban J connectivity index is 1.91. The van der Waals surface area contributed by atoms with Gasteiger partial charge < -0.3 is 9.84 Å². The van der Waals surface area contributed by atoms with Crippen LogP contribution >= 0.6 is 0 Å². The molecule has 1 aliphatic heterocycles. The van der Waals surface area contributed by atoms with Gasteiger partial charge >= 0.3 is 0 Å². The van der Waals surface area contributed by atoms with Crippen LogP contribution in [0.15, 0.2) is 42.5 Å².